The smallest absolute Gasteiger partial charge is 0.338 e. The summed E-state index contributed by atoms with van der Waals surface area (Å²) >= 11 is 0. The van der Waals surface area contributed by atoms with Gasteiger partial charge in [0.2, 0.25) is 11.8 Å². The fraction of sp³-hybridized carbons (Fsp3) is 0.524. The molecule has 1 aliphatic heterocycles. The van der Waals surface area contributed by atoms with Crippen LogP contribution in [0.4, 0.5) is 5.69 Å². The van der Waals surface area contributed by atoms with E-state index in [-0.39, 0.29) is 48.8 Å². The van der Waals surface area contributed by atoms with Crippen molar-refractivity contribution < 1.29 is 23.9 Å². The highest BCUT2D eigenvalue weighted by Gasteiger charge is 2.30. The molecule has 1 saturated carbocycles. The number of carbonyl (C=O) groups is 4. The summed E-state index contributed by atoms with van der Waals surface area (Å²) in [5.74, 6) is -0.451. The lowest BCUT2D eigenvalue weighted by molar-refractivity contribution is -0.125. The minimum absolute atomic E-state index is 0.116. The lowest BCUT2D eigenvalue weighted by Gasteiger charge is -2.34. The molecule has 0 radical (unpaired) electrons. The molecule has 3 amide bonds. The maximum absolute atomic E-state index is 12.2. The van der Waals surface area contributed by atoms with E-state index >= 15 is 0 Å². The first-order valence-corrected chi connectivity index (χ1v) is 9.79. The van der Waals surface area contributed by atoms with Gasteiger partial charge < -0.3 is 10.1 Å². The van der Waals surface area contributed by atoms with E-state index in [4.69, 9.17) is 4.74 Å². The third-order valence-electron chi connectivity index (χ3n) is 5.80. The Hall–Kier alpha value is -2.70. The zero-order valence-electron chi connectivity index (χ0n) is 16.3. The highest BCUT2D eigenvalue weighted by Crippen LogP contribution is 2.29. The first kappa shape index (κ1) is 20.0. The summed E-state index contributed by atoms with van der Waals surface area (Å²) in [6.07, 6.45) is 3.62. The van der Waals surface area contributed by atoms with E-state index in [1.54, 1.807) is 0 Å². The summed E-state index contributed by atoms with van der Waals surface area (Å²) in [6, 6.07) is 6.15. The van der Waals surface area contributed by atoms with Crippen molar-refractivity contribution >= 4 is 29.4 Å². The largest absolute Gasteiger partial charge is 0.452 e. The molecule has 3 rings (SSSR count). The first-order chi connectivity index (χ1) is 13.4. The van der Waals surface area contributed by atoms with Crippen LogP contribution in [0.3, 0.4) is 0 Å². The van der Waals surface area contributed by atoms with Crippen molar-refractivity contribution in [2.75, 3.05) is 11.5 Å². The number of esters is 1. The maximum Gasteiger partial charge on any atom is 0.338 e. The second-order valence-electron chi connectivity index (χ2n) is 7.69. The molecular weight excluding hydrogens is 360 g/mol. The standard InChI is InChI=1S/C21H26N2O5/c1-13-4-3-5-17(14(13)2)22-18(24)12-28-21(27)15-6-8-16(9-7-15)23-19(25)10-11-20(23)26/h6-9,13-14,17H,3-5,10-12H2,1-2H3,(H,22,24)/t13-,14-,17-/m1/s1. The molecule has 2 aliphatic rings. The number of benzene rings is 1. The molecule has 3 atom stereocenters. The SMILES string of the molecule is C[C@@H]1[C@H](C)CCC[C@H]1NC(=O)COC(=O)c1ccc(N2C(=O)CCC2=O)cc1. The van der Waals surface area contributed by atoms with Crippen molar-refractivity contribution in [3.05, 3.63) is 29.8 Å². The molecule has 1 aromatic carbocycles. The third kappa shape index (κ3) is 4.40. The minimum atomic E-state index is -0.620. The molecule has 0 unspecified atom stereocenters. The Morgan fingerprint density at radius 1 is 1.07 bits per heavy atom. The second-order valence-corrected chi connectivity index (χ2v) is 7.69. The Balaban J connectivity index is 1.51. The van der Waals surface area contributed by atoms with Gasteiger partial charge in [-0.25, -0.2) is 4.79 Å². The maximum atomic E-state index is 12.2. The summed E-state index contributed by atoms with van der Waals surface area (Å²) in [6.45, 7) is 4.00. The number of amides is 3. The lowest BCUT2D eigenvalue weighted by Crippen LogP contribution is -2.45. The average molecular weight is 386 g/mol. The van der Waals surface area contributed by atoms with Crippen LogP contribution in [0.2, 0.25) is 0 Å². The van der Waals surface area contributed by atoms with Crippen molar-refractivity contribution in [2.45, 2.75) is 52.0 Å². The molecule has 0 spiro atoms. The average Bonchev–Trinajstić information content (AvgIpc) is 3.02. The number of ether oxygens (including phenoxy) is 1. The van der Waals surface area contributed by atoms with Crippen LogP contribution >= 0.6 is 0 Å². The zero-order valence-corrected chi connectivity index (χ0v) is 16.3. The molecule has 1 heterocycles. The minimum Gasteiger partial charge on any atom is -0.452 e. The van der Waals surface area contributed by atoms with Crippen molar-refractivity contribution in [1.29, 1.82) is 0 Å². The van der Waals surface area contributed by atoms with E-state index in [1.807, 2.05) is 0 Å². The van der Waals surface area contributed by atoms with E-state index < -0.39 is 5.97 Å². The van der Waals surface area contributed by atoms with Crippen LogP contribution in [0, 0.1) is 11.8 Å². The Labute approximate surface area is 164 Å². The van der Waals surface area contributed by atoms with Crippen LogP contribution in [0.1, 0.15) is 56.3 Å². The number of rotatable bonds is 5. The van der Waals surface area contributed by atoms with E-state index in [9.17, 15) is 19.2 Å². The lowest BCUT2D eigenvalue weighted by atomic mass is 9.78. The van der Waals surface area contributed by atoms with Gasteiger partial charge in [0.25, 0.3) is 5.91 Å². The predicted octanol–water partition coefficient (Wildman–Crippen LogP) is 2.44. The second kappa shape index (κ2) is 8.54. The van der Waals surface area contributed by atoms with Crippen LogP contribution < -0.4 is 10.2 Å². The first-order valence-electron chi connectivity index (χ1n) is 9.79. The molecular formula is C21H26N2O5. The van der Waals surface area contributed by atoms with Gasteiger partial charge in [-0.05, 0) is 42.5 Å². The molecule has 1 saturated heterocycles. The van der Waals surface area contributed by atoms with Gasteiger partial charge in [-0.15, -0.1) is 0 Å². The van der Waals surface area contributed by atoms with E-state index in [0.29, 0.717) is 17.5 Å². The van der Waals surface area contributed by atoms with Gasteiger partial charge in [0, 0.05) is 18.9 Å². The van der Waals surface area contributed by atoms with Crippen LogP contribution in [0.15, 0.2) is 24.3 Å². The molecule has 0 aromatic heterocycles. The summed E-state index contributed by atoms with van der Waals surface area (Å²) < 4.78 is 5.10. The summed E-state index contributed by atoms with van der Waals surface area (Å²) in [4.78, 5) is 48.9. The van der Waals surface area contributed by atoms with Gasteiger partial charge in [-0.1, -0.05) is 26.7 Å². The van der Waals surface area contributed by atoms with Crippen LogP contribution in [0.25, 0.3) is 0 Å². The molecule has 150 valence electrons. The summed E-state index contributed by atoms with van der Waals surface area (Å²) in [5.41, 5.74) is 0.692. The third-order valence-corrected chi connectivity index (χ3v) is 5.80. The van der Waals surface area contributed by atoms with E-state index in [2.05, 4.69) is 19.2 Å². The number of hydrogen-bond acceptors (Lipinski definition) is 5. The van der Waals surface area contributed by atoms with Crippen molar-refractivity contribution in [3.8, 4) is 0 Å². The quantitative estimate of drug-likeness (QED) is 0.620. The summed E-state index contributed by atoms with van der Waals surface area (Å²) in [7, 11) is 0. The number of imide groups is 1. The fourth-order valence-electron chi connectivity index (χ4n) is 3.86. The van der Waals surface area contributed by atoms with Gasteiger partial charge in [0.15, 0.2) is 6.61 Å². The number of nitrogens with one attached hydrogen (secondary N) is 1. The van der Waals surface area contributed by atoms with E-state index in [0.717, 1.165) is 17.7 Å². The predicted molar refractivity (Wildman–Crippen MR) is 103 cm³/mol. The number of carbonyl (C=O) groups excluding carboxylic acids is 4. The number of nitrogens with zero attached hydrogens (tertiary/aromatic N) is 1. The molecule has 2 fully saturated rings. The molecule has 1 N–H and O–H groups in total. The zero-order chi connectivity index (χ0) is 20.3. The Morgan fingerprint density at radius 3 is 2.36 bits per heavy atom. The topological polar surface area (TPSA) is 92.8 Å². The highest BCUT2D eigenvalue weighted by molar-refractivity contribution is 6.19. The van der Waals surface area contributed by atoms with E-state index in [1.165, 1.54) is 30.7 Å². The van der Waals surface area contributed by atoms with Gasteiger partial charge in [0.05, 0.1) is 11.3 Å². The van der Waals surface area contributed by atoms with Gasteiger partial charge in [-0.2, -0.15) is 0 Å². The number of anilines is 1. The van der Waals surface area contributed by atoms with Crippen LogP contribution in [-0.4, -0.2) is 36.3 Å². The Kier molecular flexibility index (Phi) is 6.11. The molecule has 7 heteroatoms. The molecule has 1 aromatic rings. The monoisotopic (exact) mass is 386 g/mol. The Bertz CT molecular complexity index is 758. The van der Waals surface area contributed by atoms with Crippen molar-refractivity contribution in [1.82, 2.24) is 5.32 Å². The summed E-state index contributed by atoms with van der Waals surface area (Å²) in [5, 5.41) is 2.96. The Morgan fingerprint density at radius 2 is 1.71 bits per heavy atom. The van der Waals surface area contributed by atoms with Crippen molar-refractivity contribution in [3.63, 3.8) is 0 Å². The van der Waals surface area contributed by atoms with Crippen molar-refractivity contribution in [2.24, 2.45) is 11.8 Å². The molecule has 1 aliphatic carbocycles. The van der Waals surface area contributed by atoms with Gasteiger partial charge in [-0.3, -0.25) is 19.3 Å². The van der Waals surface area contributed by atoms with Crippen LogP contribution in [-0.2, 0) is 19.1 Å². The van der Waals surface area contributed by atoms with Crippen LogP contribution in [0.5, 0.6) is 0 Å². The number of hydrogen-bond donors (Lipinski definition) is 1. The molecule has 7 nitrogen and oxygen atoms in total. The van der Waals surface area contributed by atoms with Gasteiger partial charge in [0.1, 0.15) is 0 Å². The molecule has 28 heavy (non-hydrogen) atoms. The fourth-order valence-corrected chi connectivity index (χ4v) is 3.86. The van der Waals surface area contributed by atoms with Gasteiger partial charge >= 0.3 is 5.97 Å². The highest BCUT2D eigenvalue weighted by atomic mass is 16.5. The molecule has 0 bridgehead atoms. The normalized spacial score (nSPS) is 24.9.